The Morgan fingerprint density at radius 1 is 1.04 bits per heavy atom. The molecule has 0 aliphatic heterocycles. The van der Waals surface area contributed by atoms with Crippen LogP contribution in [-0.2, 0) is 10.0 Å². The van der Waals surface area contributed by atoms with Crippen LogP contribution in [-0.4, -0.2) is 20.0 Å². The van der Waals surface area contributed by atoms with Crippen molar-refractivity contribution in [2.45, 2.75) is 11.1 Å². The zero-order valence-corrected chi connectivity index (χ0v) is 16.5. The number of nitrogens with two attached hydrogens (primary N) is 1. The molecule has 3 rings (SSSR count). The predicted octanol–water partition coefficient (Wildman–Crippen LogP) is 3.29. The molecule has 144 valence electrons. The number of hydrogen-bond donors (Lipinski definition) is 3. The number of hydrogen-bond acceptors (Lipinski definition) is 6. The molecule has 1 aromatic heterocycles. The second-order valence-corrected chi connectivity index (χ2v) is 8.70. The van der Waals surface area contributed by atoms with Gasteiger partial charge in [0, 0.05) is 5.69 Å². The lowest BCUT2D eigenvalue weighted by Crippen LogP contribution is -2.22. The van der Waals surface area contributed by atoms with Gasteiger partial charge in [-0.3, -0.25) is 9.52 Å². The van der Waals surface area contributed by atoms with Crippen LogP contribution in [0.5, 0.6) is 0 Å². The smallest absolute Gasteiger partial charge is 0.273 e. The summed E-state index contributed by atoms with van der Waals surface area (Å²) < 4.78 is 27.5. The van der Waals surface area contributed by atoms with Gasteiger partial charge in [-0.25, -0.2) is 13.8 Å². The van der Waals surface area contributed by atoms with E-state index in [1.807, 2.05) is 0 Å². The zero-order chi connectivity index (χ0) is 20.1. The van der Waals surface area contributed by atoms with Crippen LogP contribution >= 0.6 is 11.3 Å². The van der Waals surface area contributed by atoms with E-state index in [0.717, 1.165) is 16.9 Å². The monoisotopic (exact) mass is 414 g/mol. The normalized spacial score (nSPS) is 11.8. The first-order valence-electron chi connectivity index (χ1n) is 8.23. The van der Waals surface area contributed by atoms with E-state index < -0.39 is 15.9 Å². The number of benzene rings is 2. The number of thiophene rings is 1. The van der Waals surface area contributed by atoms with Gasteiger partial charge >= 0.3 is 0 Å². The first-order valence-corrected chi connectivity index (χ1v) is 10.6. The van der Waals surface area contributed by atoms with Crippen LogP contribution in [0.15, 0.2) is 75.4 Å². The number of para-hydroxylation sites is 1. The van der Waals surface area contributed by atoms with Crippen LogP contribution in [0, 0.1) is 0 Å². The second kappa shape index (κ2) is 8.24. The molecule has 3 aromatic rings. The molecule has 2 aromatic carbocycles. The molecule has 0 unspecified atom stereocenters. The molecule has 1 heterocycles. The fraction of sp³-hybridized carbons (Fsp3) is 0.0526. The Kier molecular flexibility index (Phi) is 5.76. The number of sulfonamides is 1. The van der Waals surface area contributed by atoms with Gasteiger partial charge in [0.05, 0.1) is 17.0 Å². The lowest BCUT2D eigenvalue weighted by molar-refractivity contribution is 0.0955. The first kappa shape index (κ1) is 19.6. The van der Waals surface area contributed by atoms with Crippen molar-refractivity contribution in [2.75, 3.05) is 10.5 Å². The van der Waals surface area contributed by atoms with E-state index in [9.17, 15) is 13.2 Å². The fourth-order valence-corrected chi connectivity index (χ4v) is 4.44. The molecule has 9 heteroatoms. The van der Waals surface area contributed by atoms with Crippen molar-refractivity contribution in [3.63, 3.8) is 0 Å². The summed E-state index contributed by atoms with van der Waals surface area (Å²) in [7, 11) is -3.76. The summed E-state index contributed by atoms with van der Waals surface area (Å²) in [6.07, 6.45) is 0. The average Bonchev–Trinajstić information content (AvgIpc) is 3.22. The highest BCUT2D eigenvalue weighted by Gasteiger charge is 2.19. The van der Waals surface area contributed by atoms with E-state index in [2.05, 4.69) is 15.2 Å². The zero-order valence-electron chi connectivity index (χ0n) is 14.9. The summed E-state index contributed by atoms with van der Waals surface area (Å²) >= 11 is 1.09. The van der Waals surface area contributed by atoms with Gasteiger partial charge in [0.25, 0.3) is 15.9 Å². The maximum absolute atomic E-state index is 12.6. The molecule has 0 atom stereocenters. The molecule has 0 saturated carbocycles. The maximum Gasteiger partial charge on any atom is 0.273 e. The van der Waals surface area contributed by atoms with Crippen LogP contribution in [0.3, 0.4) is 0 Å². The lowest BCUT2D eigenvalue weighted by atomic mass is 10.1. The number of carbonyl (C=O) groups is 1. The molecular weight excluding hydrogens is 396 g/mol. The minimum absolute atomic E-state index is 0.163. The Morgan fingerprint density at radius 2 is 1.75 bits per heavy atom. The Balaban J connectivity index is 1.79. The van der Waals surface area contributed by atoms with E-state index in [4.69, 9.17) is 5.73 Å². The summed E-state index contributed by atoms with van der Waals surface area (Å²) in [6.45, 7) is 1.75. The van der Waals surface area contributed by atoms with Crippen molar-refractivity contribution in [1.29, 1.82) is 0 Å². The highest BCUT2D eigenvalue weighted by Crippen LogP contribution is 2.22. The van der Waals surface area contributed by atoms with Gasteiger partial charge < -0.3 is 5.73 Å². The molecular formula is C19H18N4O3S2. The molecule has 1 amide bonds. The number of nitrogen functional groups attached to an aromatic ring is 1. The summed E-state index contributed by atoms with van der Waals surface area (Å²) in [6, 6.07) is 16.6. The third kappa shape index (κ3) is 4.56. The van der Waals surface area contributed by atoms with Gasteiger partial charge in [0.2, 0.25) is 0 Å². The molecule has 0 radical (unpaired) electrons. The molecule has 0 spiro atoms. The molecule has 0 aliphatic rings. The third-order valence-corrected chi connectivity index (χ3v) is 6.59. The largest absolute Gasteiger partial charge is 0.399 e. The van der Waals surface area contributed by atoms with Crippen LogP contribution in [0.1, 0.15) is 22.8 Å². The van der Waals surface area contributed by atoms with Gasteiger partial charge in [-0.15, -0.1) is 11.3 Å². The van der Waals surface area contributed by atoms with Crippen molar-refractivity contribution in [1.82, 2.24) is 5.43 Å². The minimum atomic E-state index is -3.76. The predicted molar refractivity (Wildman–Crippen MR) is 112 cm³/mol. The van der Waals surface area contributed by atoms with Crippen molar-refractivity contribution < 1.29 is 13.2 Å². The standard InChI is InChI=1S/C19H18N4O3S2/c1-13(14-8-10-15(20)11-9-14)21-22-19(24)16-5-2-3-6-17(16)23-28(25,26)18-7-4-12-27-18/h2-12,23H,20H2,1H3,(H,22,24)/b21-13-. The number of hydrazone groups is 1. The van der Waals surface area contributed by atoms with Crippen molar-refractivity contribution in [3.8, 4) is 0 Å². The summed E-state index contributed by atoms with van der Waals surface area (Å²) in [5.74, 6) is -0.528. The van der Waals surface area contributed by atoms with E-state index in [1.165, 1.54) is 18.2 Å². The van der Waals surface area contributed by atoms with E-state index in [-0.39, 0.29) is 15.5 Å². The summed E-state index contributed by atoms with van der Waals surface area (Å²) in [5, 5.41) is 5.76. The highest BCUT2D eigenvalue weighted by molar-refractivity contribution is 7.94. The number of amides is 1. The molecule has 28 heavy (non-hydrogen) atoms. The molecule has 4 N–H and O–H groups in total. The molecule has 0 bridgehead atoms. The SMILES string of the molecule is C/C(=N/NC(=O)c1ccccc1NS(=O)(=O)c1cccs1)c1ccc(N)cc1. The van der Waals surface area contributed by atoms with Crippen LogP contribution in [0.2, 0.25) is 0 Å². The summed E-state index contributed by atoms with van der Waals surface area (Å²) in [5.41, 5.74) is 10.5. The van der Waals surface area contributed by atoms with Crippen LogP contribution < -0.4 is 15.9 Å². The van der Waals surface area contributed by atoms with Crippen molar-refractivity contribution >= 4 is 44.4 Å². The van der Waals surface area contributed by atoms with Gasteiger partial charge in [0.15, 0.2) is 0 Å². The number of rotatable bonds is 6. The number of carbonyl (C=O) groups excluding carboxylic acids is 1. The van der Waals surface area contributed by atoms with Crippen molar-refractivity contribution in [2.24, 2.45) is 5.10 Å². The maximum atomic E-state index is 12.6. The fourth-order valence-electron chi connectivity index (χ4n) is 2.37. The molecule has 0 aliphatic carbocycles. The van der Waals surface area contributed by atoms with Crippen LogP contribution in [0.4, 0.5) is 11.4 Å². The van der Waals surface area contributed by atoms with E-state index in [1.54, 1.807) is 54.8 Å². The highest BCUT2D eigenvalue weighted by atomic mass is 32.2. The molecule has 0 saturated heterocycles. The summed E-state index contributed by atoms with van der Waals surface area (Å²) in [4.78, 5) is 12.6. The van der Waals surface area contributed by atoms with Gasteiger partial charge in [-0.05, 0) is 48.2 Å². The lowest BCUT2D eigenvalue weighted by Gasteiger charge is -2.11. The van der Waals surface area contributed by atoms with Gasteiger partial charge in [-0.1, -0.05) is 30.3 Å². The van der Waals surface area contributed by atoms with Crippen LogP contribution in [0.25, 0.3) is 0 Å². The quantitative estimate of drug-likeness (QED) is 0.326. The minimum Gasteiger partial charge on any atom is -0.399 e. The number of nitrogens with zero attached hydrogens (tertiary/aromatic N) is 1. The van der Waals surface area contributed by atoms with Crippen molar-refractivity contribution in [3.05, 3.63) is 77.2 Å². The molecule has 7 nitrogen and oxygen atoms in total. The first-order chi connectivity index (χ1) is 13.4. The molecule has 0 fully saturated rings. The van der Waals surface area contributed by atoms with E-state index >= 15 is 0 Å². The third-order valence-electron chi connectivity index (χ3n) is 3.83. The number of anilines is 2. The Hall–Kier alpha value is -3.17. The Labute approximate surface area is 167 Å². The van der Waals surface area contributed by atoms with Gasteiger partial charge in [0.1, 0.15) is 4.21 Å². The van der Waals surface area contributed by atoms with Gasteiger partial charge in [-0.2, -0.15) is 5.10 Å². The number of nitrogens with one attached hydrogen (secondary N) is 2. The Bertz CT molecular complexity index is 1110. The van der Waals surface area contributed by atoms with E-state index in [0.29, 0.717) is 11.4 Å². The second-order valence-electron chi connectivity index (χ2n) is 5.84. The topological polar surface area (TPSA) is 114 Å². The average molecular weight is 415 g/mol. The Morgan fingerprint density at radius 3 is 2.43 bits per heavy atom.